The lowest BCUT2D eigenvalue weighted by molar-refractivity contribution is -0.929. The number of nitrogens with zero attached hydrogens (tertiary/aromatic N) is 3. The SMILES string of the molecule is CC1CC[NH+](Cn2nc(-c3ccccc3)n(C)c2=S)CC1. The molecule has 2 heterocycles. The van der Waals surface area contributed by atoms with Crippen molar-refractivity contribution in [2.45, 2.75) is 26.4 Å². The number of likely N-dealkylation sites (tertiary alicyclic amines) is 1. The van der Waals surface area contributed by atoms with Crippen LogP contribution in [-0.4, -0.2) is 27.4 Å². The van der Waals surface area contributed by atoms with Gasteiger partial charge >= 0.3 is 0 Å². The summed E-state index contributed by atoms with van der Waals surface area (Å²) in [5.74, 6) is 1.82. The summed E-state index contributed by atoms with van der Waals surface area (Å²) in [4.78, 5) is 1.59. The van der Waals surface area contributed by atoms with Crippen molar-refractivity contribution in [3.05, 3.63) is 35.1 Å². The maximum absolute atomic E-state index is 5.56. The fourth-order valence-electron chi connectivity index (χ4n) is 2.97. The summed E-state index contributed by atoms with van der Waals surface area (Å²) in [6.07, 6.45) is 2.61. The average Bonchev–Trinajstić information content (AvgIpc) is 2.79. The van der Waals surface area contributed by atoms with E-state index in [1.807, 2.05) is 34.5 Å². The van der Waals surface area contributed by atoms with Gasteiger partial charge in [0.05, 0.1) is 13.1 Å². The Labute approximate surface area is 131 Å². The number of hydrogen-bond acceptors (Lipinski definition) is 2. The van der Waals surface area contributed by atoms with E-state index in [1.54, 1.807) is 4.90 Å². The Morgan fingerprint density at radius 1 is 1.24 bits per heavy atom. The van der Waals surface area contributed by atoms with Gasteiger partial charge in [-0.3, -0.25) is 0 Å². The summed E-state index contributed by atoms with van der Waals surface area (Å²) in [7, 11) is 2.00. The molecule has 0 amide bonds. The van der Waals surface area contributed by atoms with E-state index in [9.17, 15) is 0 Å². The molecule has 0 radical (unpaired) electrons. The fourth-order valence-corrected chi connectivity index (χ4v) is 3.16. The van der Waals surface area contributed by atoms with Crippen LogP contribution in [0, 0.1) is 10.7 Å². The van der Waals surface area contributed by atoms with Gasteiger partial charge in [-0.05, 0) is 31.0 Å². The highest BCUT2D eigenvalue weighted by molar-refractivity contribution is 7.71. The molecule has 1 saturated heterocycles. The van der Waals surface area contributed by atoms with Gasteiger partial charge in [-0.15, -0.1) is 5.10 Å². The van der Waals surface area contributed by atoms with E-state index in [-0.39, 0.29) is 0 Å². The normalized spacial score (nSPS) is 22.4. The molecule has 4 nitrogen and oxygen atoms in total. The van der Waals surface area contributed by atoms with E-state index in [0.29, 0.717) is 0 Å². The number of rotatable bonds is 3. The summed E-state index contributed by atoms with van der Waals surface area (Å²) < 4.78 is 4.81. The van der Waals surface area contributed by atoms with Crippen LogP contribution in [0.15, 0.2) is 30.3 Å². The molecule has 5 heteroatoms. The molecule has 21 heavy (non-hydrogen) atoms. The van der Waals surface area contributed by atoms with Crippen LogP contribution in [-0.2, 0) is 13.7 Å². The number of benzene rings is 1. The topological polar surface area (TPSA) is 27.2 Å². The first-order chi connectivity index (χ1) is 10.1. The molecule has 1 aliphatic heterocycles. The van der Waals surface area contributed by atoms with Crippen molar-refractivity contribution in [2.24, 2.45) is 13.0 Å². The van der Waals surface area contributed by atoms with E-state index >= 15 is 0 Å². The number of nitrogens with one attached hydrogen (secondary N) is 1. The monoisotopic (exact) mass is 303 g/mol. The Bertz CT molecular complexity index is 651. The molecule has 1 aliphatic rings. The number of quaternary nitrogens is 1. The average molecular weight is 303 g/mol. The van der Waals surface area contributed by atoms with Crippen LogP contribution in [0.4, 0.5) is 0 Å². The zero-order valence-corrected chi connectivity index (χ0v) is 13.6. The number of piperidine rings is 1. The van der Waals surface area contributed by atoms with E-state index in [4.69, 9.17) is 17.3 Å². The molecule has 1 aromatic heterocycles. The van der Waals surface area contributed by atoms with Crippen LogP contribution >= 0.6 is 12.2 Å². The van der Waals surface area contributed by atoms with Crippen LogP contribution in [0.2, 0.25) is 0 Å². The van der Waals surface area contributed by atoms with Gasteiger partial charge in [0.25, 0.3) is 0 Å². The Hall–Kier alpha value is -1.46. The van der Waals surface area contributed by atoms with Gasteiger partial charge < -0.3 is 9.47 Å². The van der Waals surface area contributed by atoms with Crippen LogP contribution in [0.1, 0.15) is 19.8 Å². The van der Waals surface area contributed by atoms with Crippen LogP contribution in [0.25, 0.3) is 11.4 Å². The van der Waals surface area contributed by atoms with Gasteiger partial charge in [0.2, 0.25) is 4.77 Å². The van der Waals surface area contributed by atoms with E-state index in [1.165, 1.54) is 25.9 Å². The fraction of sp³-hybridized carbons (Fsp3) is 0.500. The van der Waals surface area contributed by atoms with Gasteiger partial charge in [0, 0.05) is 12.6 Å². The minimum atomic E-state index is 0.806. The van der Waals surface area contributed by atoms with Crippen molar-refractivity contribution < 1.29 is 4.90 Å². The predicted octanol–water partition coefficient (Wildman–Crippen LogP) is 1.89. The minimum absolute atomic E-state index is 0.806. The smallest absolute Gasteiger partial charge is 0.202 e. The van der Waals surface area contributed by atoms with Gasteiger partial charge in [0.1, 0.15) is 0 Å². The van der Waals surface area contributed by atoms with E-state index in [2.05, 4.69) is 19.1 Å². The summed E-state index contributed by atoms with van der Waals surface area (Å²) in [5, 5.41) is 4.75. The molecule has 0 saturated carbocycles. The first-order valence-electron chi connectivity index (χ1n) is 7.68. The lowest BCUT2D eigenvalue weighted by atomic mass is 10.00. The standard InChI is InChI=1S/C16H22N4S/c1-13-8-10-19(11-9-13)12-20-16(21)18(2)15(17-20)14-6-4-3-5-7-14/h3-7,13H,8-12H2,1-2H3/p+1. The maximum Gasteiger partial charge on any atom is 0.202 e. The summed E-state index contributed by atoms with van der Waals surface area (Å²) in [6.45, 7) is 5.67. The third-order valence-electron chi connectivity index (χ3n) is 4.43. The van der Waals surface area contributed by atoms with Gasteiger partial charge in [-0.1, -0.05) is 37.3 Å². The second-order valence-corrected chi connectivity index (χ2v) is 6.49. The molecule has 0 atom stereocenters. The molecule has 1 N–H and O–H groups in total. The molecule has 0 spiro atoms. The maximum atomic E-state index is 5.56. The second-order valence-electron chi connectivity index (χ2n) is 6.12. The highest BCUT2D eigenvalue weighted by Crippen LogP contribution is 2.16. The van der Waals surface area contributed by atoms with Crippen molar-refractivity contribution in [1.82, 2.24) is 14.3 Å². The molecule has 1 fully saturated rings. The first kappa shape index (κ1) is 14.5. The molecule has 0 bridgehead atoms. The number of aromatic nitrogens is 3. The van der Waals surface area contributed by atoms with Crippen LogP contribution in [0.3, 0.4) is 0 Å². The minimum Gasteiger partial charge on any atom is -0.316 e. The lowest BCUT2D eigenvalue weighted by Crippen LogP contribution is -3.12. The van der Waals surface area contributed by atoms with Crippen molar-refractivity contribution in [1.29, 1.82) is 0 Å². The molecule has 1 aromatic carbocycles. The molecule has 2 aromatic rings. The van der Waals surface area contributed by atoms with Crippen LogP contribution in [0.5, 0.6) is 0 Å². The zero-order valence-electron chi connectivity index (χ0n) is 12.7. The van der Waals surface area contributed by atoms with Gasteiger partial charge in [-0.2, -0.15) is 4.68 Å². The van der Waals surface area contributed by atoms with Gasteiger partial charge in [-0.25, -0.2) is 0 Å². The molecule has 3 rings (SSSR count). The zero-order chi connectivity index (χ0) is 14.8. The molecule has 0 unspecified atom stereocenters. The van der Waals surface area contributed by atoms with Crippen molar-refractivity contribution in [2.75, 3.05) is 13.1 Å². The summed E-state index contributed by atoms with van der Waals surface area (Å²) in [6, 6.07) is 10.3. The Balaban J connectivity index is 1.83. The molecular weight excluding hydrogens is 280 g/mol. The highest BCUT2D eigenvalue weighted by Gasteiger charge is 2.20. The highest BCUT2D eigenvalue weighted by atomic mass is 32.1. The van der Waals surface area contributed by atoms with Gasteiger partial charge in [0.15, 0.2) is 12.5 Å². The Morgan fingerprint density at radius 3 is 2.57 bits per heavy atom. The molecule has 112 valence electrons. The van der Waals surface area contributed by atoms with E-state index < -0.39 is 0 Å². The Kier molecular flexibility index (Phi) is 4.22. The predicted molar refractivity (Wildman–Crippen MR) is 86.6 cm³/mol. The third kappa shape index (κ3) is 3.09. The van der Waals surface area contributed by atoms with Crippen LogP contribution < -0.4 is 4.90 Å². The molecular formula is C16H23N4S+. The molecule has 0 aliphatic carbocycles. The summed E-state index contributed by atoms with van der Waals surface area (Å²) in [5.41, 5.74) is 1.12. The largest absolute Gasteiger partial charge is 0.316 e. The van der Waals surface area contributed by atoms with Crippen molar-refractivity contribution in [3.63, 3.8) is 0 Å². The number of hydrogen-bond donors (Lipinski definition) is 1. The van der Waals surface area contributed by atoms with Crippen molar-refractivity contribution >= 4 is 12.2 Å². The second kappa shape index (κ2) is 6.12. The summed E-state index contributed by atoms with van der Waals surface area (Å²) >= 11 is 5.56. The van der Waals surface area contributed by atoms with E-state index in [0.717, 1.165) is 28.7 Å². The Morgan fingerprint density at radius 2 is 1.90 bits per heavy atom. The quantitative estimate of drug-likeness (QED) is 0.877. The van der Waals surface area contributed by atoms with Crippen molar-refractivity contribution in [3.8, 4) is 11.4 Å². The first-order valence-corrected chi connectivity index (χ1v) is 8.09. The third-order valence-corrected chi connectivity index (χ3v) is 4.91. The lowest BCUT2D eigenvalue weighted by Gasteiger charge is -2.26.